The average Bonchev–Trinajstić information content (AvgIpc) is 2.95. The summed E-state index contributed by atoms with van der Waals surface area (Å²) in [5.41, 5.74) is 0. The van der Waals surface area contributed by atoms with Crippen molar-refractivity contribution < 1.29 is 73.3 Å². The van der Waals surface area contributed by atoms with E-state index < -0.39 is 88.8 Å². The predicted molar refractivity (Wildman–Crippen MR) is 90.9 cm³/mol. The molecule has 182 valence electrons. The van der Waals surface area contributed by atoms with Gasteiger partial charge in [0.15, 0.2) is 18.7 Å². The zero-order chi connectivity index (χ0) is 23.1. The number of rotatable bonds is 8. The van der Waals surface area contributed by atoms with Crippen molar-refractivity contribution in [1.82, 2.24) is 0 Å². The number of hydrogen-bond donors (Lipinski definition) is 5. The zero-order valence-corrected chi connectivity index (χ0v) is 17.4. The second kappa shape index (κ2) is 9.35. The van der Waals surface area contributed by atoms with Gasteiger partial charge in [-0.15, -0.1) is 0 Å². The van der Waals surface area contributed by atoms with E-state index in [0.717, 1.165) is 0 Å². The number of ether oxygens (including phenoxy) is 5. The van der Waals surface area contributed by atoms with Crippen molar-refractivity contribution in [2.75, 3.05) is 20.3 Å². The molecule has 3 fully saturated rings. The first kappa shape index (κ1) is 25.1. The molecule has 18 heteroatoms. The van der Waals surface area contributed by atoms with Crippen LogP contribution in [0.25, 0.3) is 0 Å². The first-order chi connectivity index (χ1) is 14.3. The summed E-state index contributed by atoms with van der Waals surface area (Å²) in [6.45, 7) is -1.02. The Morgan fingerprint density at radius 2 is 1.52 bits per heavy atom. The summed E-state index contributed by atoms with van der Waals surface area (Å²) >= 11 is 0. The molecule has 0 radical (unpaired) electrons. The van der Waals surface area contributed by atoms with Crippen molar-refractivity contribution in [3.63, 3.8) is 0 Å². The van der Waals surface area contributed by atoms with E-state index in [4.69, 9.17) is 32.8 Å². The van der Waals surface area contributed by atoms with Crippen LogP contribution in [0.1, 0.15) is 0 Å². The van der Waals surface area contributed by atoms with E-state index in [2.05, 4.69) is 8.37 Å². The molecule has 3 aliphatic heterocycles. The van der Waals surface area contributed by atoms with Gasteiger partial charge in [0.2, 0.25) is 0 Å². The molecule has 16 nitrogen and oxygen atoms in total. The second-order valence-electron chi connectivity index (χ2n) is 6.86. The van der Waals surface area contributed by atoms with Gasteiger partial charge in [-0.3, -0.25) is 9.11 Å². The van der Waals surface area contributed by atoms with Crippen LogP contribution in [0.3, 0.4) is 0 Å². The van der Waals surface area contributed by atoms with Gasteiger partial charge in [-0.05, 0) is 0 Å². The summed E-state index contributed by atoms with van der Waals surface area (Å²) in [6.07, 6.45) is -15.0. The summed E-state index contributed by atoms with van der Waals surface area (Å²) in [4.78, 5) is 0. The molecule has 0 aromatic rings. The maximum absolute atomic E-state index is 11.2. The molecule has 3 aliphatic rings. The molecule has 0 aliphatic carbocycles. The molecule has 5 N–H and O–H groups in total. The maximum atomic E-state index is 11.2. The Labute approximate surface area is 176 Å². The number of methoxy groups -OCH3 is 1. The van der Waals surface area contributed by atoms with Gasteiger partial charge in [-0.1, -0.05) is 0 Å². The molecule has 0 aromatic heterocycles. The van der Waals surface area contributed by atoms with Crippen LogP contribution in [0.2, 0.25) is 0 Å². The standard InChI is InChI=1S/C13H22O16S2/c1-23-13-11(29-31(20,21)22)10-9(5(26-13)3-24-10)27-12-7(16)6(15)8(4(2-14)25-12)28-30(17,18)19/h4-16H,2-3H2,1H3,(H,17,18,19)(H,20,21,22)/t4-,5+,6-,7-,8+,9?,10-,11-,12+,13+/m1/s1. The van der Waals surface area contributed by atoms with Crippen LogP contribution in [0, 0.1) is 0 Å². The lowest BCUT2D eigenvalue weighted by molar-refractivity contribution is -0.334. The van der Waals surface area contributed by atoms with E-state index in [1.807, 2.05) is 0 Å². The molecule has 2 bridgehead atoms. The van der Waals surface area contributed by atoms with E-state index in [1.54, 1.807) is 0 Å². The smallest absolute Gasteiger partial charge is 0.394 e. The van der Waals surface area contributed by atoms with Crippen molar-refractivity contribution in [3.05, 3.63) is 0 Å². The van der Waals surface area contributed by atoms with Crippen molar-refractivity contribution in [1.29, 1.82) is 0 Å². The Hall–Kier alpha value is -0.580. The van der Waals surface area contributed by atoms with Gasteiger partial charge in [-0.2, -0.15) is 16.8 Å². The van der Waals surface area contributed by atoms with E-state index in [1.165, 1.54) is 7.11 Å². The summed E-state index contributed by atoms with van der Waals surface area (Å²) in [5.74, 6) is 0. The summed E-state index contributed by atoms with van der Waals surface area (Å²) in [7, 11) is -8.82. The van der Waals surface area contributed by atoms with Crippen LogP contribution in [0.5, 0.6) is 0 Å². The third-order valence-electron chi connectivity index (χ3n) is 4.85. The highest BCUT2D eigenvalue weighted by atomic mass is 32.3. The molecule has 3 saturated heterocycles. The van der Waals surface area contributed by atoms with Crippen LogP contribution in [-0.4, -0.2) is 123 Å². The lowest BCUT2D eigenvalue weighted by Gasteiger charge is -2.44. The fourth-order valence-corrected chi connectivity index (χ4v) is 4.58. The summed E-state index contributed by atoms with van der Waals surface area (Å²) in [5, 5.41) is 29.9. The molecule has 0 aromatic carbocycles. The molecule has 10 atom stereocenters. The van der Waals surface area contributed by atoms with Crippen molar-refractivity contribution >= 4 is 20.8 Å². The van der Waals surface area contributed by atoms with Crippen molar-refractivity contribution in [2.24, 2.45) is 0 Å². The first-order valence-corrected chi connectivity index (χ1v) is 11.5. The minimum atomic E-state index is -5.06. The summed E-state index contributed by atoms with van der Waals surface area (Å²) in [6, 6.07) is 0. The predicted octanol–water partition coefficient (Wildman–Crippen LogP) is -4.04. The van der Waals surface area contributed by atoms with Gasteiger partial charge in [-0.25, -0.2) is 8.37 Å². The van der Waals surface area contributed by atoms with Gasteiger partial charge in [0.05, 0.1) is 13.2 Å². The SMILES string of the molecule is CO[C@H]1O[C@H]2CO[C@H](C2O[C@@H]2O[C@H](CO)[C@H](OS(=O)(=O)O)[C@H](O)[C@H]2O)[C@H]1OS(=O)(=O)O. The lowest BCUT2D eigenvalue weighted by atomic mass is 9.98. The molecule has 0 saturated carbocycles. The Morgan fingerprint density at radius 1 is 0.903 bits per heavy atom. The minimum absolute atomic E-state index is 0.121. The quantitative estimate of drug-likeness (QED) is 0.200. The summed E-state index contributed by atoms with van der Waals surface area (Å²) < 4.78 is 97.6. The largest absolute Gasteiger partial charge is 0.397 e. The Bertz CT molecular complexity index is 828. The van der Waals surface area contributed by atoms with Crippen LogP contribution >= 0.6 is 0 Å². The van der Waals surface area contributed by atoms with E-state index >= 15 is 0 Å². The van der Waals surface area contributed by atoms with Crippen LogP contribution in [0.15, 0.2) is 0 Å². The lowest BCUT2D eigenvalue weighted by Crippen LogP contribution is -2.63. The van der Waals surface area contributed by atoms with Gasteiger partial charge in [0.1, 0.15) is 42.7 Å². The molecular formula is C13H22O16S2. The monoisotopic (exact) mass is 498 g/mol. The second-order valence-corrected chi connectivity index (χ2v) is 8.96. The Kier molecular flexibility index (Phi) is 7.55. The molecule has 31 heavy (non-hydrogen) atoms. The van der Waals surface area contributed by atoms with Crippen LogP contribution < -0.4 is 0 Å². The Morgan fingerprint density at radius 3 is 2.06 bits per heavy atom. The number of aliphatic hydroxyl groups is 3. The van der Waals surface area contributed by atoms with Crippen LogP contribution in [0.4, 0.5) is 0 Å². The van der Waals surface area contributed by atoms with E-state index in [9.17, 15) is 32.2 Å². The topological polar surface area (TPSA) is 234 Å². The normalized spacial score (nSPS) is 43.8. The number of hydrogen-bond acceptors (Lipinski definition) is 14. The first-order valence-electron chi connectivity index (χ1n) is 8.73. The zero-order valence-electron chi connectivity index (χ0n) is 15.7. The highest BCUT2D eigenvalue weighted by Crippen LogP contribution is 2.37. The van der Waals surface area contributed by atoms with Gasteiger partial charge in [0.25, 0.3) is 0 Å². The minimum Gasteiger partial charge on any atom is -0.394 e. The van der Waals surface area contributed by atoms with Gasteiger partial charge >= 0.3 is 20.8 Å². The van der Waals surface area contributed by atoms with Crippen molar-refractivity contribution in [2.45, 2.75) is 61.4 Å². The molecule has 3 heterocycles. The maximum Gasteiger partial charge on any atom is 0.397 e. The molecule has 1 unspecified atom stereocenters. The third-order valence-corrected chi connectivity index (χ3v) is 5.78. The Balaban J connectivity index is 1.77. The van der Waals surface area contributed by atoms with E-state index in [-0.39, 0.29) is 6.61 Å². The van der Waals surface area contributed by atoms with Gasteiger partial charge < -0.3 is 39.0 Å². The fourth-order valence-electron chi connectivity index (χ4n) is 3.58. The molecule has 3 rings (SSSR count). The van der Waals surface area contributed by atoms with E-state index in [0.29, 0.717) is 0 Å². The van der Waals surface area contributed by atoms with Crippen molar-refractivity contribution in [3.8, 4) is 0 Å². The third kappa shape index (κ3) is 5.68. The van der Waals surface area contributed by atoms with Gasteiger partial charge in [0, 0.05) is 7.11 Å². The highest BCUT2D eigenvalue weighted by molar-refractivity contribution is 7.81. The molecule has 0 amide bonds. The molecular weight excluding hydrogens is 476 g/mol. The average molecular weight is 498 g/mol. The highest BCUT2D eigenvalue weighted by Gasteiger charge is 2.57. The fraction of sp³-hybridized carbons (Fsp3) is 1.00. The molecule has 0 spiro atoms. The number of aliphatic hydroxyl groups excluding tert-OH is 3. The number of fused-ring (bicyclic) bond motifs is 2. The van der Waals surface area contributed by atoms with Crippen LogP contribution in [-0.2, 0) is 52.8 Å².